The SMILES string of the molecule is CCOC(=O)Cc1cc(OC(F)(F)F)c(C(F)F)c([N+](=O)[O-])n1. The van der Waals surface area contributed by atoms with Gasteiger partial charge in [-0.2, -0.15) is 0 Å². The third-order valence-electron chi connectivity index (χ3n) is 2.30. The van der Waals surface area contributed by atoms with E-state index in [-0.39, 0.29) is 6.61 Å². The lowest BCUT2D eigenvalue weighted by atomic mass is 10.2. The molecule has 0 spiro atoms. The molecule has 0 saturated heterocycles. The van der Waals surface area contributed by atoms with Crippen LogP contribution in [0.5, 0.6) is 5.75 Å². The van der Waals surface area contributed by atoms with Gasteiger partial charge in [0.25, 0.3) is 6.43 Å². The van der Waals surface area contributed by atoms with E-state index in [2.05, 4.69) is 14.5 Å². The lowest BCUT2D eigenvalue weighted by molar-refractivity contribution is -0.391. The Hall–Kier alpha value is -2.53. The maximum absolute atomic E-state index is 12.9. The quantitative estimate of drug-likeness (QED) is 0.341. The molecule has 0 saturated carbocycles. The summed E-state index contributed by atoms with van der Waals surface area (Å²) in [6.07, 6.45) is -9.75. The van der Waals surface area contributed by atoms with Gasteiger partial charge in [0.05, 0.1) is 6.61 Å². The number of esters is 1. The number of rotatable bonds is 6. The van der Waals surface area contributed by atoms with Crippen molar-refractivity contribution in [2.75, 3.05) is 6.61 Å². The molecule has 1 heterocycles. The number of hydrogen-bond donors (Lipinski definition) is 0. The van der Waals surface area contributed by atoms with Crippen molar-refractivity contribution in [1.29, 1.82) is 0 Å². The summed E-state index contributed by atoms with van der Waals surface area (Å²) in [7, 11) is 0. The molecule has 23 heavy (non-hydrogen) atoms. The van der Waals surface area contributed by atoms with E-state index >= 15 is 0 Å². The Balaban J connectivity index is 3.40. The molecule has 1 rings (SSSR count). The molecule has 1 aromatic rings. The van der Waals surface area contributed by atoms with Crippen molar-refractivity contribution in [3.8, 4) is 5.75 Å². The Morgan fingerprint density at radius 2 is 2.04 bits per heavy atom. The molecule has 0 fully saturated rings. The molecule has 0 aromatic carbocycles. The van der Waals surface area contributed by atoms with E-state index in [1.807, 2.05) is 0 Å². The topological polar surface area (TPSA) is 91.6 Å². The van der Waals surface area contributed by atoms with Crippen LogP contribution >= 0.6 is 0 Å². The van der Waals surface area contributed by atoms with Gasteiger partial charge in [-0.05, 0) is 16.8 Å². The van der Waals surface area contributed by atoms with Gasteiger partial charge in [-0.1, -0.05) is 0 Å². The van der Waals surface area contributed by atoms with Gasteiger partial charge in [0.1, 0.15) is 6.42 Å². The van der Waals surface area contributed by atoms with Crippen LogP contribution in [-0.2, 0) is 16.0 Å². The number of hydrogen-bond acceptors (Lipinski definition) is 6. The Labute approximate surface area is 125 Å². The van der Waals surface area contributed by atoms with Crippen LogP contribution in [0.1, 0.15) is 24.6 Å². The average Bonchev–Trinajstić information content (AvgIpc) is 2.35. The van der Waals surface area contributed by atoms with Crippen LogP contribution in [0.15, 0.2) is 6.07 Å². The van der Waals surface area contributed by atoms with Crippen molar-refractivity contribution in [3.05, 3.63) is 27.4 Å². The van der Waals surface area contributed by atoms with Crippen LogP contribution in [0.2, 0.25) is 0 Å². The fourth-order valence-corrected chi connectivity index (χ4v) is 1.57. The fraction of sp³-hybridized carbons (Fsp3) is 0.455. The highest BCUT2D eigenvalue weighted by Crippen LogP contribution is 2.38. The molecule has 0 unspecified atom stereocenters. The number of ether oxygens (including phenoxy) is 2. The number of pyridine rings is 1. The summed E-state index contributed by atoms with van der Waals surface area (Å²) in [5.41, 5.74) is -2.20. The molecule has 0 N–H and O–H groups in total. The predicted octanol–water partition coefficient (Wildman–Crippen LogP) is 2.93. The Bertz CT molecular complexity index is 605. The second kappa shape index (κ2) is 7.15. The Morgan fingerprint density at radius 1 is 1.43 bits per heavy atom. The maximum Gasteiger partial charge on any atom is 0.573 e. The highest BCUT2D eigenvalue weighted by Gasteiger charge is 2.38. The van der Waals surface area contributed by atoms with Gasteiger partial charge in [-0.15, -0.1) is 13.2 Å². The highest BCUT2D eigenvalue weighted by atomic mass is 19.4. The molecule has 1 aromatic heterocycles. The van der Waals surface area contributed by atoms with Crippen molar-refractivity contribution in [2.45, 2.75) is 26.1 Å². The maximum atomic E-state index is 12.9. The van der Waals surface area contributed by atoms with Crippen LogP contribution in [0.3, 0.4) is 0 Å². The van der Waals surface area contributed by atoms with Crippen molar-refractivity contribution in [2.24, 2.45) is 0 Å². The zero-order valence-corrected chi connectivity index (χ0v) is 11.4. The number of halogens is 5. The van der Waals surface area contributed by atoms with E-state index in [1.165, 1.54) is 6.92 Å². The van der Waals surface area contributed by atoms with Crippen molar-refractivity contribution in [1.82, 2.24) is 4.98 Å². The molecule has 0 aliphatic rings. The lowest BCUT2D eigenvalue weighted by Gasteiger charge is -2.13. The average molecular weight is 344 g/mol. The number of carbonyl (C=O) groups excluding carboxylic acids is 1. The van der Waals surface area contributed by atoms with Gasteiger partial charge in [0, 0.05) is 6.07 Å². The van der Waals surface area contributed by atoms with Gasteiger partial charge in [0.15, 0.2) is 17.0 Å². The number of aromatic nitrogens is 1. The predicted molar refractivity (Wildman–Crippen MR) is 62.9 cm³/mol. The smallest absolute Gasteiger partial charge is 0.466 e. The first-order chi connectivity index (χ1) is 10.5. The number of nitrogens with zero attached hydrogens (tertiary/aromatic N) is 2. The molecule has 0 amide bonds. The van der Waals surface area contributed by atoms with Gasteiger partial charge in [0.2, 0.25) is 0 Å². The van der Waals surface area contributed by atoms with Gasteiger partial charge in [-0.3, -0.25) is 4.79 Å². The third-order valence-corrected chi connectivity index (χ3v) is 2.30. The van der Waals surface area contributed by atoms with Gasteiger partial charge in [-0.25, -0.2) is 8.78 Å². The van der Waals surface area contributed by atoms with Crippen LogP contribution in [-0.4, -0.2) is 28.8 Å². The van der Waals surface area contributed by atoms with Crippen molar-refractivity contribution < 1.29 is 41.1 Å². The molecule has 0 aliphatic carbocycles. The summed E-state index contributed by atoms with van der Waals surface area (Å²) in [5, 5.41) is 10.8. The lowest BCUT2D eigenvalue weighted by Crippen LogP contribution is -2.20. The molecule has 0 bridgehead atoms. The van der Waals surface area contributed by atoms with Crippen LogP contribution in [0, 0.1) is 10.1 Å². The second-order valence-electron chi connectivity index (χ2n) is 3.94. The van der Waals surface area contributed by atoms with Crippen molar-refractivity contribution in [3.63, 3.8) is 0 Å². The summed E-state index contributed by atoms with van der Waals surface area (Å²) in [6.45, 7) is 1.40. The zero-order chi connectivity index (χ0) is 17.8. The van der Waals surface area contributed by atoms with Crippen LogP contribution in [0.25, 0.3) is 0 Å². The van der Waals surface area contributed by atoms with E-state index < -0.39 is 52.9 Å². The van der Waals surface area contributed by atoms with Crippen molar-refractivity contribution >= 4 is 11.8 Å². The summed E-state index contributed by atoms with van der Waals surface area (Å²) >= 11 is 0. The molecular weight excluding hydrogens is 335 g/mol. The summed E-state index contributed by atoms with van der Waals surface area (Å²) < 4.78 is 70.5. The Morgan fingerprint density at radius 3 is 2.48 bits per heavy atom. The van der Waals surface area contributed by atoms with Gasteiger partial charge < -0.3 is 19.6 Å². The number of carbonyl (C=O) groups is 1. The van der Waals surface area contributed by atoms with E-state index in [4.69, 9.17) is 0 Å². The van der Waals surface area contributed by atoms with E-state index in [0.29, 0.717) is 6.07 Å². The largest absolute Gasteiger partial charge is 0.573 e. The van der Waals surface area contributed by atoms with Crippen LogP contribution in [0.4, 0.5) is 27.8 Å². The van der Waals surface area contributed by atoms with E-state index in [0.717, 1.165) is 0 Å². The minimum Gasteiger partial charge on any atom is -0.466 e. The third kappa shape index (κ3) is 5.30. The number of alkyl halides is 5. The van der Waals surface area contributed by atoms with Crippen LogP contribution < -0.4 is 4.74 Å². The minimum atomic E-state index is -5.36. The number of nitro groups is 1. The molecule has 0 radical (unpaired) electrons. The zero-order valence-electron chi connectivity index (χ0n) is 11.4. The highest BCUT2D eigenvalue weighted by molar-refractivity contribution is 5.72. The first kappa shape index (κ1) is 18.5. The fourth-order valence-electron chi connectivity index (χ4n) is 1.57. The summed E-state index contributed by atoms with van der Waals surface area (Å²) in [6, 6.07) is 0.388. The first-order valence-electron chi connectivity index (χ1n) is 5.92. The first-order valence-corrected chi connectivity index (χ1v) is 5.92. The molecule has 0 atom stereocenters. The summed E-state index contributed by atoms with van der Waals surface area (Å²) in [5.74, 6) is -3.97. The summed E-state index contributed by atoms with van der Waals surface area (Å²) in [4.78, 5) is 23.8. The molecule has 7 nitrogen and oxygen atoms in total. The second-order valence-corrected chi connectivity index (χ2v) is 3.94. The minimum absolute atomic E-state index is 0.0536. The Kier molecular flexibility index (Phi) is 5.76. The molecule has 12 heteroatoms. The standard InChI is InChI=1S/C11H9F5N2O5/c1-2-22-7(19)4-5-3-6(23-11(14,15)16)8(9(12)13)10(17-5)18(20)21/h3,9H,2,4H2,1H3. The molecule has 0 aliphatic heterocycles. The van der Waals surface area contributed by atoms with E-state index in [9.17, 15) is 36.9 Å². The monoisotopic (exact) mass is 344 g/mol. The molecular formula is C11H9F5N2O5. The molecule has 128 valence electrons. The normalized spacial score (nSPS) is 11.4. The van der Waals surface area contributed by atoms with Gasteiger partial charge >= 0.3 is 18.1 Å². The van der Waals surface area contributed by atoms with E-state index in [1.54, 1.807) is 0 Å².